The fourth-order valence-electron chi connectivity index (χ4n) is 2.15. The molecule has 1 rings (SSSR count). The SMILES string of the molecule is C#CCOCCOC(=O)N1CCC(O)(C(F)(F)C(=O)NC)CC1. The van der Waals surface area contributed by atoms with Gasteiger partial charge < -0.3 is 24.8 Å². The van der Waals surface area contributed by atoms with Crippen LogP contribution in [0.25, 0.3) is 0 Å². The summed E-state index contributed by atoms with van der Waals surface area (Å²) in [5.74, 6) is -3.23. The molecule has 0 aromatic heterocycles. The number of ether oxygens (including phenoxy) is 2. The number of alkyl halides is 2. The second kappa shape index (κ2) is 8.08. The van der Waals surface area contributed by atoms with Crippen molar-refractivity contribution in [2.75, 3.05) is 40.0 Å². The molecule has 0 aromatic carbocycles. The van der Waals surface area contributed by atoms with Crippen molar-refractivity contribution in [3.05, 3.63) is 0 Å². The summed E-state index contributed by atoms with van der Waals surface area (Å²) < 4.78 is 37.6. The van der Waals surface area contributed by atoms with Crippen molar-refractivity contribution in [3.8, 4) is 12.3 Å². The molecule has 0 spiro atoms. The Morgan fingerprint density at radius 2 is 2.00 bits per heavy atom. The van der Waals surface area contributed by atoms with E-state index in [0.717, 1.165) is 7.05 Å². The van der Waals surface area contributed by atoms with Crippen LogP contribution in [0.3, 0.4) is 0 Å². The monoisotopic (exact) mass is 334 g/mol. The van der Waals surface area contributed by atoms with Crippen molar-refractivity contribution in [1.29, 1.82) is 0 Å². The van der Waals surface area contributed by atoms with Gasteiger partial charge in [-0.25, -0.2) is 4.79 Å². The van der Waals surface area contributed by atoms with Crippen LogP contribution in [0.2, 0.25) is 0 Å². The van der Waals surface area contributed by atoms with E-state index >= 15 is 0 Å². The zero-order chi connectivity index (χ0) is 17.5. The smallest absolute Gasteiger partial charge is 0.409 e. The van der Waals surface area contributed by atoms with Gasteiger partial charge in [0.15, 0.2) is 0 Å². The average Bonchev–Trinajstić information content (AvgIpc) is 2.54. The highest BCUT2D eigenvalue weighted by Gasteiger charge is 2.59. The van der Waals surface area contributed by atoms with Crippen LogP contribution in [0, 0.1) is 12.3 Å². The van der Waals surface area contributed by atoms with Crippen molar-refractivity contribution in [3.63, 3.8) is 0 Å². The highest BCUT2D eigenvalue weighted by molar-refractivity contribution is 5.84. The van der Waals surface area contributed by atoms with Crippen molar-refractivity contribution in [2.24, 2.45) is 0 Å². The molecule has 2 amide bonds. The zero-order valence-electron chi connectivity index (χ0n) is 12.8. The van der Waals surface area contributed by atoms with Gasteiger partial charge >= 0.3 is 12.0 Å². The topological polar surface area (TPSA) is 88.1 Å². The number of hydrogen-bond donors (Lipinski definition) is 2. The van der Waals surface area contributed by atoms with Crippen molar-refractivity contribution in [1.82, 2.24) is 10.2 Å². The molecule has 7 nitrogen and oxygen atoms in total. The van der Waals surface area contributed by atoms with Crippen molar-refractivity contribution < 1.29 is 33.0 Å². The van der Waals surface area contributed by atoms with Gasteiger partial charge in [-0.3, -0.25) is 4.79 Å². The molecule has 0 aromatic rings. The van der Waals surface area contributed by atoms with E-state index in [1.165, 1.54) is 4.90 Å². The lowest BCUT2D eigenvalue weighted by Crippen LogP contribution is -2.61. The Hall–Kier alpha value is -1.92. The number of halogens is 2. The lowest BCUT2D eigenvalue weighted by atomic mass is 9.84. The van der Waals surface area contributed by atoms with E-state index in [9.17, 15) is 23.5 Å². The molecule has 1 fully saturated rings. The van der Waals surface area contributed by atoms with Gasteiger partial charge in [-0.1, -0.05) is 5.92 Å². The van der Waals surface area contributed by atoms with Crippen LogP contribution in [-0.4, -0.2) is 73.5 Å². The third kappa shape index (κ3) is 4.53. The summed E-state index contributed by atoms with van der Waals surface area (Å²) in [6, 6.07) is 0. The van der Waals surface area contributed by atoms with E-state index in [1.807, 2.05) is 5.32 Å². The number of amides is 2. The molecule has 2 N–H and O–H groups in total. The van der Waals surface area contributed by atoms with E-state index in [4.69, 9.17) is 15.9 Å². The molecule has 0 unspecified atom stereocenters. The number of aliphatic hydroxyl groups is 1. The average molecular weight is 334 g/mol. The number of hydrogen-bond acceptors (Lipinski definition) is 5. The maximum absolute atomic E-state index is 13.9. The second-order valence-corrected chi connectivity index (χ2v) is 5.04. The van der Waals surface area contributed by atoms with Crippen LogP contribution in [0.4, 0.5) is 13.6 Å². The Labute approximate surface area is 132 Å². The maximum atomic E-state index is 13.9. The first kappa shape index (κ1) is 19.1. The highest BCUT2D eigenvalue weighted by Crippen LogP contribution is 2.37. The number of rotatable bonds is 6. The quantitative estimate of drug-likeness (QED) is 0.527. The van der Waals surface area contributed by atoms with Gasteiger partial charge in [0.05, 0.1) is 6.61 Å². The molecule has 23 heavy (non-hydrogen) atoms. The zero-order valence-corrected chi connectivity index (χ0v) is 12.8. The van der Waals surface area contributed by atoms with Gasteiger partial charge in [-0.2, -0.15) is 8.78 Å². The number of nitrogens with zero attached hydrogens (tertiary/aromatic N) is 1. The Morgan fingerprint density at radius 1 is 1.39 bits per heavy atom. The third-order valence-corrected chi connectivity index (χ3v) is 3.58. The summed E-state index contributed by atoms with van der Waals surface area (Å²) >= 11 is 0. The molecule has 0 saturated carbocycles. The molecule has 1 aliphatic rings. The highest BCUT2D eigenvalue weighted by atomic mass is 19.3. The van der Waals surface area contributed by atoms with Gasteiger partial charge in [0.2, 0.25) is 0 Å². The Balaban J connectivity index is 2.47. The minimum absolute atomic E-state index is 0.0182. The van der Waals surface area contributed by atoms with Crippen molar-refractivity contribution in [2.45, 2.75) is 24.4 Å². The molecule has 1 aliphatic heterocycles. The molecule has 0 atom stereocenters. The molecule has 1 saturated heterocycles. The summed E-state index contributed by atoms with van der Waals surface area (Å²) in [5.41, 5.74) is -2.49. The van der Waals surface area contributed by atoms with E-state index in [1.54, 1.807) is 0 Å². The molecule has 130 valence electrons. The summed E-state index contributed by atoms with van der Waals surface area (Å²) in [6.45, 7) is -0.0821. The first-order chi connectivity index (χ1) is 10.8. The summed E-state index contributed by atoms with van der Waals surface area (Å²) in [6.07, 6.45) is 3.41. The number of piperidine rings is 1. The molecule has 0 radical (unpaired) electrons. The Morgan fingerprint density at radius 3 is 2.52 bits per heavy atom. The second-order valence-electron chi connectivity index (χ2n) is 5.04. The number of carbonyl (C=O) groups excluding carboxylic acids is 2. The molecular weight excluding hydrogens is 314 g/mol. The van der Waals surface area contributed by atoms with Gasteiger partial charge in [-0.15, -0.1) is 6.42 Å². The van der Waals surface area contributed by atoms with Crippen LogP contribution in [0.1, 0.15) is 12.8 Å². The largest absolute Gasteiger partial charge is 0.447 e. The van der Waals surface area contributed by atoms with E-state index in [0.29, 0.717) is 0 Å². The predicted octanol–water partition coefficient (Wildman–Crippen LogP) is -0.0190. The normalized spacial score (nSPS) is 17.3. The summed E-state index contributed by atoms with van der Waals surface area (Å²) in [5, 5.41) is 11.9. The van der Waals surface area contributed by atoms with Gasteiger partial charge in [-0.05, 0) is 0 Å². The molecule has 9 heteroatoms. The fourth-order valence-corrected chi connectivity index (χ4v) is 2.15. The predicted molar refractivity (Wildman–Crippen MR) is 75.8 cm³/mol. The number of terminal acetylenes is 1. The van der Waals surface area contributed by atoms with Crippen LogP contribution in [-0.2, 0) is 14.3 Å². The minimum Gasteiger partial charge on any atom is -0.447 e. The maximum Gasteiger partial charge on any atom is 0.409 e. The molecule has 0 aliphatic carbocycles. The summed E-state index contributed by atoms with van der Waals surface area (Å²) in [7, 11) is 1.06. The van der Waals surface area contributed by atoms with Gasteiger partial charge in [0.25, 0.3) is 5.91 Å². The lowest BCUT2D eigenvalue weighted by Gasteiger charge is -2.41. The van der Waals surface area contributed by atoms with Crippen molar-refractivity contribution >= 4 is 12.0 Å². The van der Waals surface area contributed by atoms with Crippen LogP contribution < -0.4 is 5.32 Å². The van der Waals surface area contributed by atoms with E-state index < -0.39 is 36.4 Å². The molecule has 0 bridgehead atoms. The number of likely N-dealkylation sites (tertiary alicyclic amines) is 1. The van der Waals surface area contributed by atoms with Gasteiger partial charge in [0.1, 0.15) is 18.8 Å². The molecular formula is C14H20F2N2O5. The van der Waals surface area contributed by atoms with E-state index in [-0.39, 0.29) is 32.9 Å². The Kier molecular flexibility index (Phi) is 6.72. The number of carbonyl (C=O) groups is 2. The van der Waals surface area contributed by atoms with E-state index in [2.05, 4.69) is 5.92 Å². The summed E-state index contributed by atoms with van der Waals surface area (Å²) in [4.78, 5) is 24.2. The first-order valence-corrected chi connectivity index (χ1v) is 7.04. The molecule has 1 heterocycles. The van der Waals surface area contributed by atoms with Crippen LogP contribution >= 0.6 is 0 Å². The lowest BCUT2D eigenvalue weighted by molar-refractivity contribution is -0.203. The Bertz CT molecular complexity index is 470. The first-order valence-electron chi connectivity index (χ1n) is 7.04. The third-order valence-electron chi connectivity index (χ3n) is 3.58. The van der Waals surface area contributed by atoms with Crippen LogP contribution in [0.5, 0.6) is 0 Å². The fraction of sp³-hybridized carbons (Fsp3) is 0.714. The number of nitrogens with one attached hydrogen (secondary N) is 1. The minimum atomic E-state index is -3.93. The van der Waals surface area contributed by atoms with Crippen LogP contribution in [0.15, 0.2) is 0 Å². The standard InChI is InChI=1S/C14H20F2N2O5/c1-3-8-22-9-10-23-12(20)18-6-4-13(21,5-7-18)14(15,16)11(19)17-2/h1,21H,4-10H2,2H3,(H,17,19). The van der Waals surface area contributed by atoms with Gasteiger partial charge in [0, 0.05) is 33.0 Å².